The molecule has 1 aromatic carbocycles. The normalized spacial score (nSPS) is 10.8. The van der Waals surface area contributed by atoms with E-state index in [1.165, 1.54) is 5.56 Å². The smallest absolute Gasteiger partial charge is 0.109 e. The van der Waals surface area contributed by atoms with Gasteiger partial charge in [-0.1, -0.05) is 24.3 Å². The SMILES string of the molecule is Cn1ccnc1CCNCc1cccc(CO)c1. The molecule has 18 heavy (non-hydrogen) atoms. The van der Waals surface area contributed by atoms with Crippen LogP contribution in [0.3, 0.4) is 0 Å². The molecule has 0 aliphatic heterocycles. The Kier molecular flexibility index (Phi) is 4.50. The topological polar surface area (TPSA) is 50.1 Å². The van der Waals surface area contributed by atoms with Crippen molar-refractivity contribution in [2.24, 2.45) is 7.05 Å². The molecule has 0 aliphatic carbocycles. The van der Waals surface area contributed by atoms with Gasteiger partial charge in [-0.3, -0.25) is 0 Å². The van der Waals surface area contributed by atoms with Crippen LogP contribution in [0.25, 0.3) is 0 Å². The summed E-state index contributed by atoms with van der Waals surface area (Å²) in [7, 11) is 2.01. The van der Waals surface area contributed by atoms with Crippen LogP contribution < -0.4 is 5.32 Å². The van der Waals surface area contributed by atoms with Crippen molar-refractivity contribution in [3.8, 4) is 0 Å². The molecule has 0 spiro atoms. The molecule has 2 aromatic rings. The van der Waals surface area contributed by atoms with Crippen molar-refractivity contribution in [1.82, 2.24) is 14.9 Å². The van der Waals surface area contributed by atoms with Gasteiger partial charge in [0, 0.05) is 39.0 Å². The summed E-state index contributed by atoms with van der Waals surface area (Å²) in [5, 5.41) is 12.4. The van der Waals surface area contributed by atoms with Crippen molar-refractivity contribution < 1.29 is 5.11 Å². The Balaban J connectivity index is 1.76. The third-order valence-electron chi connectivity index (χ3n) is 2.95. The van der Waals surface area contributed by atoms with Gasteiger partial charge in [-0.15, -0.1) is 0 Å². The number of aliphatic hydroxyl groups is 1. The molecule has 1 aromatic heterocycles. The fourth-order valence-electron chi connectivity index (χ4n) is 1.91. The Morgan fingerprint density at radius 1 is 1.33 bits per heavy atom. The lowest BCUT2D eigenvalue weighted by Gasteiger charge is -2.06. The Labute approximate surface area is 107 Å². The second kappa shape index (κ2) is 6.33. The van der Waals surface area contributed by atoms with Crippen molar-refractivity contribution in [3.05, 3.63) is 53.6 Å². The molecule has 96 valence electrons. The molecule has 4 nitrogen and oxygen atoms in total. The highest BCUT2D eigenvalue weighted by atomic mass is 16.3. The van der Waals surface area contributed by atoms with Gasteiger partial charge >= 0.3 is 0 Å². The molecule has 0 aliphatic rings. The van der Waals surface area contributed by atoms with Crippen molar-refractivity contribution in [3.63, 3.8) is 0 Å². The maximum Gasteiger partial charge on any atom is 0.109 e. The molecule has 0 fully saturated rings. The summed E-state index contributed by atoms with van der Waals surface area (Å²) in [5.41, 5.74) is 2.15. The molecule has 1 heterocycles. The predicted molar refractivity (Wildman–Crippen MR) is 71.0 cm³/mol. The number of nitrogens with one attached hydrogen (secondary N) is 1. The van der Waals surface area contributed by atoms with Gasteiger partial charge in [-0.05, 0) is 11.1 Å². The number of rotatable bonds is 6. The van der Waals surface area contributed by atoms with E-state index in [2.05, 4.69) is 16.4 Å². The van der Waals surface area contributed by atoms with E-state index in [4.69, 9.17) is 5.11 Å². The molecular weight excluding hydrogens is 226 g/mol. The molecule has 0 radical (unpaired) electrons. The largest absolute Gasteiger partial charge is 0.392 e. The number of imidazole rings is 1. The van der Waals surface area contributed by atoms with Gasteiger partial charge in [0.25, 0.3) is 0 Å². The van der Waals surface area contributed by atoms with Crippen LogP contribution in [0.2, 0.25) is 0 Å². The van der Waals surface area contributed by atoms with E-state index in [1.807, 2.05) is 42.2 Å². The van der Waals surface area contributed by atoms with Gasteiger partial charge < -0.3 is 15.0 Å². The fourth-order valence-corrected chi connectivity index (χ4v) is 1.91. The van der Waals surface area contributed by atoms with Gasteiger partial charge in [-0.25, -0.2) is 4.98 Å². The number of hydrogen-bond donors (Lipinski definition) is 2. The lowest BCUT2D eigenvalue weighted by Crippen LogP contribution is -2.18. The molecular formula is C14H19N3O. The Morgan fingerprint density at radius 2 is 2.17 bits per heavy atom. The quantitative estimate of drug-likeness (QED) is 0.753. The van der Waals surface area contributed by atoms with Crippen LogP contribution in [0.1, 0.15) is 17.0 Å². The van der Waals surface area contributed by atoms with Crippen molar-refractivity contribution in [1.29, 1.82) is 0 Å². The van der Waals surface area contributed by atoms with Gasteiger partial charge in [0.2, 0.25) is 0 Å². The van der Waals surface area contributed by atoms with E-state index in [0.29, 0.717) is 0 Å². The van der Waals surface area contributed by atoms with E-state index < -0.39 is 0 Å². The van der Waals surface area contributed by atoms with Gasteiger partial charge in [0.1, 0.15) is 5.82 Å². The molecule has 0 bridgehead atoms. The number of benzene rings is 1. The minimum absolute atomic E-state index is 0.0983. The fraction of sp³-hybridized carbons (Fsp3) is 0.357. The van der Waals surface area contributed by atoms with E-state index in [0.717, 1.165) is 30.9 Å². The highest BCUT2D eigenvalue weighted by Crippen LogP contribution is 2.04. The second-order valence-electron chi connectivity index (χ2n) is 4.36. The number of aryl methyl sites for hydroxylation is 1. The monoisotopic (exact) mass is 245 g/mol. The lowest BCUT2D eigenvalue weighted by molar-refractivity contribution is 0.281. The maximum absolute atomic E-state index is 9.06. The number of aromatic nitrogens is 2. The van der Waals surface area contributed by atoms with Gasteiger partial charge in [0.15, 0.2) is 0 Å². The minimum atomic E-state index is 0.0983. The van der Waals surface area contributed by atoms with Crippen LogP contribution in [-0.2, 0) is 26.6 Å². The van der Waals surface area contributed by atoms with Crippen LogP contribution in [0.4, 0.5) is 0 Å². The summed E-state index contributed by atoms with van der Waals surface area (Å²) in [4.78, 5) is 4.28. The van der Waals surface area contributed by atoms with Crippen molar-refractivity contribution in [2.75, 3.05) is 6.54 Å². The first-order valence-electron chi connectivity index (χ1n) is 6.15. The first-order valence-corrected chi connectivity index (χ1v) is 6.15. The first-order chi connectivity index (χ1) is 8.79. The molecule has 4 heteroatoms. The third-order valence-corrected chi connectivity index (χ3v) is 2.95. The Hall–Kier alpha value is -1.65. The zero-order valence-electron chi connectivity index (χ0n) is 10.6. The van der Waals surface area contributed by atoms with Crippen LogP contribution in [0.5, 0.6) is 0 Å². The average Bonchev–Trinajstić information content (AvgIpc) is 2.81. The highest BCUT2D eigenvalue weighted by Gasteiger charge is 1.99. The number of hydrogen-bond acceptors (Lipinski definition) is 3. The van der Waals surface area contributed by atoms with Crippen LogP contribution >= 0.6 is 0 Å². The second-order valence-corrected chi connectivity index (χ2v) is 4.36. The van der Waals surface area contributed by atoms with E-state index >= 15 is 0 Å². The molecule has 0 amide bonds. The zero-order valence-corrected chi connectivity index (χ0v) is 10.6. The Morgan fingerprint density at radius 3 is 2.89 bits per heavy atom. The summed E-state index contributed by atoms with van der Waals surface area (Å²) >= 11 is 0. The summed E-state index contributed by atoms with van der Waals surface area (Å²) in [6.45, 7) is 1.81. The standard InChI is InChI=1S/C14H19N3O/c1-17-8-7-16-14(17)5-6-15-10-12-3-2-4-13(9-12)11-18/h2-4,7-9,15,18H,5-6,10-11H2,1H3. The van der Waals surface area contributed by atoms with Crippen LogP contribution in [-0.4, -0.2) is 21.2 Å². The molecule has 0 saturated heterocycles. The molecule has 0 atom stereocenters. The molecule has 0 unspecified atom stereocenters. The van der Waals surface area contributed by atoms with E-state index in [1.54, 1.807) is 0 Å². The first kappa shape index (κ1) is 12.8. The number of aliphatic hydroxyl groups excluding tert-OH is 1. The molecule has 2 rings (SSSR count). The van der Waals surface area contributed by atoms with E-state index in [9.17, 15) is 0 Å². The average molecular weight is 245 g/mol. The van der Waals surface area contributed by atoms with E-state index in [-0.39, 0.29) is 6.61 Å². The minimum Gasteiger partial charge on any atom is -0.392 e. The highest BCUT2D eigenvalue weighted by molar-refractivity contribution is 5.22. The van der Waals surface area contributed by atoms with Crippen molar-refractivity contribution >= 4 is 0 Å². The maximum atomic E-state index is 9.06. The predicted octanol–water partition coefficient (Wildman–Crippen LogP) is 1.24. The van der Waals surface area contributed by atoms with Crippen LogP contribution in [0.15, 0.2) is 36.7 Å². The zero-order chi connectivity index (χ0) is 12.8. The summed E-state index contributed by atoms with van der Waals surface area (Å²) in [6.07, 6.45) is 4.70. The molecule has 2 N–H and O–H groups in total. The third kappa shape index (κ3) is 3.42. The summed E-state index contributed by atoms with van der Waals surface area (Å²) < 4.78 is 2.04. The lowest BCUT2D eigenvalue weighted by atomic mass is 10.1. The summed E-state index contributed by atoms with van der Waals surface area (Å²) in [6, 6.07) is 7.99. The summed E-state index contributed by atoms with van der Waals surface area (Å²) in [5.74, 6) is 1.09. The van der Waals surface area contributed by atoms with Gasteiger partial charge in [-0.2, -0.15) is 0 Å². The molecule has 0 saturated carbocycles. The van der Waals surface area contributed by atoms with Gasteiger partial charge in [0.05, 0.1) is 6.61 Å². The number of nitrogens with zero attached hydrogens (tertiary/aromatic N) is 2. The Bertz CT molecular complexity index is 493. The van der Waals surface area contributed by atoms with Crippen molar-refractivity contribution in [2.45, 2.75) is 19.6 Å². The van der Waals surface area contributed by atoms with Crippen LogP contribution in [0, 0.1) is 0 Å².